The van der Waals surface area contributed by atoms with Crippen molar-refractivity contribution < 1.29 is 19.1 Å². The van der Waals surface area contributed by atoms with Gasteiger partial charge >= 0.3 is 12.0 Å². The summed E-state index contributed by atoms with van der Waals surface area (Å²) in [4.78, 5) is 37.5. The Hall–Kier alpha value is -2.08. The number of carbonyl (C=O) groups is 3. The maximum atomic E-state index is 12.5. The molecule has 3 amide bonds. The second kappa shape index (κ2) is 7.21. The molecule has 1 N–H and O–H groups in total. The number of hydrogen-bond donors (Lipinski definition) is 1. The number of hydrogen-bond acceptors (Lipinski definition) is 4. The zero-order chi connectivity index (χ0) is 17.9. The van der Waals surface area contributed by atoms with Crippen molar-refractivity contribution in [3.05, 3.63) is 34.9 Å². The fourth-order valence-electron chi connectivity index (χ4n) is 2.78. The summed E-state index contributed by atoms with van der Waals surface area (Å²) in [6, 6.07) is 6.47. The lowest BCUT2D eigenvalue weighted by Crippen LogP contribution is -2.46. The minimum absolute atomic E-state index is 0.389. The Bertz CT molecular complexity index is 658. The van der Waals surface area contributed by atoms with E-state index in [1.54, 1.807) is 31.2 Å². The van der Waals surface area contributed by atoms with Crippen molar-refractivity contribution in [1.82, 2.24) is 10.2 Å². The summed E-state index contributed by atoms with van der Waals surface area (Å²) in [6.45, 7) is 4.92. The van der Waals surface area contributed by atoms with E-state index in [1.807, 2.05) is 13.8 Å². The van der Waals surface area contributed by atoms with E-state index >= 15 is 0 Å². The van der Waals surface area contributed by atoms with Crippen LogP contribution in [0.25, 0.3) is 0 Å². The number of urea groups is 1. The van der Waals surface area contributed by atoms with Gasteiger partial charge in [-0.25, -0.2) is 4.79 Å². The Labute approximate surface area is 146 Å². The zero-order valence-corrected chi connectivity index (χ0v) is 14.7. The lowest BCUT2D eigenvalue weighted by atomic mass is 9.93. The number of nitrogens with zero attached hydrogens (tertiary/aromatic N) is 1. The van der Waals surface area contributed by atoms with Gasteiger partial charge in [0.1, 0.15) is 18.2 Å². The number of esters is 1. The van der Waals surface area contributed by atoms with Crippen molar-refractivity contribution in [2.24, 2.45) is 0 Å². The maximum Gasteiger partial charge on any atom is 0.326 e. The van der Waals surface area contributed by atoms with Gasteiger partial charge in [-0.1, -0.05) is 43.6 Å². The third-order valence-corrected chi connectivity index (χ3v) is 4.74. The largest absolute Gasteiger partial charge is 0.456 e. The molecule has 1 aromatic rings. The molecule has 1 aliphatic rings. The summed E-state index contributed by atoms with van der Waals surface area (Å²) in [5.74, 6) is -1.05. The maximum absolute atomic E-state index is 12.5. The van der Waals surface area contributed by atoms with Crippen LogP contribution in [0.2, 0.25) is 5.02 Å². The van der Waals surface area contributed by atoms with Gasteiger partial charge in [-0.05, 0) is 25.8 Å². The monoisotopic (exact) mass is 352 g/mol. The fraction of sp³-hybridized carbons (Fsp3) is 0.471. The van der Waals surface area contributed by atoms with E-state index in [9.17, 15) is 14.4 Å². The van der Waals surface area contributed by atoms with Gasteiger partial charge in [0.2, 0.25) is 0 Å². The Kier molecular flexibility index (Phi) is 5.49. The van der Waals surface area contributed by atoms with Crippen LogP contribution < -0.4 is 5.32 Å². The zero-order valence-electron chi connectivity index (χ0n) is 14.0. The van der Waals surface area contributed by atoms with Crippen molar-refractivity contribution in [3.8, 4) is 0 Å². The van der Waals surface area contributed by atoms with Crippen LogP contribution in [0.1, 0.15) is 45.3 Å². The first-order valence-corrected chi connectivity index (χ1v) is 8.30. The topological polar surface area (TPSA) is 75.7 Å². The molecule has 130 valence electrons. The number of amides is 3. The smallest absolute Gasteiger partial charge is 0.326 e. The fourth-order valence-corrected chi connectivity index (χ4v) is 3.07. The van der Waals surface area contributed by atoms with Gasteiger partial charge in [0.25, 0.3) is 5.91 Å². The molecule has 1 atom stereocenters. The van der Waals surface area contributed by atoms with E-state index in [0.717, 1.165) is 4.90 Å². The minimum atomic E-state index is -0.925. The van der Waals surface area contributed by atoms with E-state index in [4.69, 9.17) is 16.3 Å². The quantitative estimate of drug-likeness (QED) is 0.630. The first kappa shape index (κ1) is 18.3. The first-order chi connectivity index (χ1) is 11.3. The van der Waals surface area contributed by atoms with Crippen molar-refractivity contribution >= 4 is 29.5 Å². The molecule has 0 aromatic heterocycles. The SMILES string of the molecule is CCC1(CC)NC(=O)N(CC(=O)O[C@@H](C)c2ccccc2Cl)C1=O. The van der Waals surface area contributed by atoms with Gasteiger partial charge < -0.3 is 10.1 Å². The lowest BCUT2D eigenvalue weighted by molar-refractivity contribution is -0.152. The van der Waals surface area contributed by atoms with Crippen LogP contribution in [0, 0.1) is 0 Å². The summed E-state index contributed by atoms with van der Waals surface area (Å²) in [6.07, 6.45) is 0.361. The molecule has 1 heterocycles. The summed E-state index contributed by atoms with van der Waals surface area (Å²) < 4.78 is 5.31. The molecule has 1 aliphatic heterocycles. The van der Waals surface area contributed by atoms with Gasteiger partial charge in [0.15, 0.2) is 0 Å². The summed E-state index contributed by atoms with van der Waals surface area (Å²) in [5, 5.41) is 3.16. The number of nitrogens with one attached hydrogen (secondary N) is 1. The van der Waals surface area contributed by atoms with Crippen LogP contribution in [0.5, 0.6) is 0 Å². The third kappa shape index (κ3) is 3.38. The molecule has 1 aromatic carbocycles. The van der Waals surface area contributed by atoms with Crippen LogP contribution in [-0.2, 0) is 14.3 Å². The van der Waals surface area contributed by atoms with E-state index in [0.29, 0.717) is 23.4 Å². The van der Waals surface area contributed by atoms with Gasteiger partial charge in [-0.3, -0.25) is 14.5 Å². The average Bonchev–Trinajstić information content (AvgIpc) is 2.79. The highest BCUT2D eigenvalue weighted by Crippen LogP contribution is 2.27. The third-order valence-electron chi connectivity index (χ3n) is 4.39. The Morgan fingerprint density at radius 1 is 1.29 bits per heavy atom. The predicted octanol–water partition coefficient (Wildman–Crippen LogP) is 3.05. The summed E-state index contributed by atoms with van der Waals surface area (Å²) >= 11 is 6.07. The molecule has 6 nitrogen and oxygen atoms in total. The van der Waals surface area contributed by atoms with Crippen molar-refractivity contribution in [3.63, 3.8) is 0 Å². The molecule has 1 saturated heterocycles. The van der Waals surface area contributed by atoms with Crippen LogP contribution >= 0.6 is 11.6 Å². The number of benzene rings is 1. The normalized spacial score (nSPS) is 17.6. The Balaban J connectivity index is 2.04. The minimum Gasteiger partial charge on any atom is -0.456 e. The second-order valence-electron chi connectivity index (χ2n) is 5.76. The van der Waals surface area contributed by atoms with Gasteiger partial charge in [-0.15, -0.1) is 0 Å². The Morgan fingerprint density at radius 3 is 2.46 bits per heavy atom. The number of halogens is 1. The van der Waals surface area contributed by atoms with Crippen LogP contribution in [0.4, 0.5) is 4.79 Å². The molecule has 0 aliphatic carbocycles. The number of imide groups is 1. The average molecular weight is 353 g/mol. The highest BCUT2D eigenvalue weighted by molar-refractivity contribution is 6.31. The second-order valence-corrected chi connectivity index (χ2v) is 6.17. The van der Waals surface area contributed by atoms with Crippen molar-refractivity contribution in [2.75, 3.05) is 6.54 Å². The molecule has 7 heteroatoms. The number of rotatable bonds is 6. The first-order valence-electron chi connectivity index (χ1n) is 7.92. The molecular weight excluding hydrogens is 332 g/mol. The molecular formula is C17H21ClN2O4. The Morgan fingerprint density at radius 2 is 1.92 bits per heavy atom. The highest BCUT2D eigenvalue weighted by Gasteiger charge is 2.49. The van der Waals surface area contributed by atoms with E-state index < -0.39 is 30.2 Å². The lowest BCUT2D eigenvalue weighted by Gasteiger charge is -2.23. The van der Waals surface area contributed by atoms with Gasteiger partial charge in [0.05, 0.1) is 0 Å². The van der Waals surface area contributed by atoms with Crippen LogP contribution in [-0.4, -0.2) is 34.9 Å². The van der Waals surface area contributed by atoms with Crippen molar-refractivity contribution in [1.29, 1.82) is 0 Å². The molecule has 1 fully saturated rings. The standard InChI is InChI=1S/C17H21ClN2O4/c1-4-17(5-2)15(22)20(16(23)19-17)10-14(21)24-11(3)12-8-6-7-9-13(12)18/h6-9,11H,4-5,10H2,1-3H3,(H,19,23)/t11-/m0/s1. The summed E-state index contributed by atoms with van der Waals surface area (Å²) in [5.41, 5.74) is -0.257. The van der Waals surface area contributed by atoms with Crippen molar-refractivity contribution in [2.45, 2.75) is 45.3 Å². The number of carbonyl (C=O) groups excluding carboxylic acids is 3. The number of ether oxygens (including phenoxy) is 1. The highest BCUT2D eigenvalue weighted by atomic mass is 35.5. The van der Waals surface area contributed by atoms with Crippen LogP contribution in [0.15, 0.2) is 24.3 Å². The van der Waals surface area contributed by atoms with Crippen LogP contribution in [0.3, 0.4) is 0 Å². The van der Waals surface area contributed by atoms with Gasteiger partial charge in [0, 0.05) is 10.6 Å². The molecule has 2 rings (SSSR count). The molecule has 0 spiro atoms. The van der Waals surface area contributed by atoms with E-state index in [-0.39, 0.29) is 5.91 Å². The van der Waals surface area contributed by atoms with E-state index in [1.165, 1.54) is 0 Å². The molecule has 24 heavy (non-hydrogen) atoms. The predicted molar refractivity (Wildman–Crippen MR) is 89.5 cm³/mol. The molecule has 0 saturated carbocycles. The van der Waals surface area contributed by atoms with Gasteiger partial charge in [-0.2, -0.15) is 0 Å². The molecule has 0 bridgehead atoms. The molecule has 0 unspecified atom stereocenters. The molecule has 0 radical (unpaired) electrons. The van der Waals surface area contributed by atoms with E-state index in [2.05, 4.69) is 5.32 Å². The summed E-state index contributed by atoms with van der Waals surface area (Å²) in [7, 11) is 0.